The van der Waals surface area contributed by atoms with Gasteiger partial charge in [-0.1, -0.05) is 47.6 Å². The van der Waals surface area contributed by atoms with Crippen LogP contribution in [0.1, 0.15) is 85.0 Å². The highest BCUT2D eigenvalue weighted by atomic mass is 16.5. The van der Waals surface area contributed by atoms with E-state index in [0.29, 0.717) is 63.1 Å². The maximum atomic E-state index is 12.3. The van der Waals surface area contributed by atoms with Crippen LogP contribution in [0.2, 0.25) is 0 Å². The highest BCUT2D eigenvalue weighted by molar-refractivity contribution is 5.74. The number of nitrogens with one attached hydrogen (secondary N) is 2. The van der Waals surface area contributed by atoms with Crippen molar-refractivity contribution in [3.8, 4) is 0 Å². The molecule has 0 aromatic carbocycles. The smallest absolute Gasteiger partial charge is 0.145 e. The van der Waals surface area contributed by atoms with E-state index in [2.05, 4.69) is 37.1 Å². The van der Waals surface area contributed by atoms with Crippen LogP contribution >= 0.6 is 0 Å². The van der Waals surface area contributed by atoms with Gasteiger partial charge in [-0.05, 0) is 116 Å². The number of hydrogen-bond acceptors (Lipinski definition) is 8. The predicted octanol–water partition coefficient (Wildman–Crippen LogP) is 4.55. The van der Waals surface area contributed by atoms with E-state index in [4.69, 9.17) is 4.74 Å². The third-order valence-electron chi connectivity index (χ3n) is 10.4. The van der Waals surface area contributed by atoms with Gasteiger partial charge in [0, 0.05) is 44.2 Å². The number of carbonyl (C=O) groups is 1. The number of methoxy groups -OCH3 is 1. The summed E-state index contributed by atoms with van der Waals surface area (Å²) in [5.41, 5.74) is 2.61. The molecule has 1 spiro atoms. The van der Waals surface area contributed by atoms with Gasteiger partial charge in [-0.2, -0.15) is 0 Å². The van der Waals surface area contributed by atoms with Crippen molar-refractivity contribution in [2.45, 2.75) is 103 Å². The van der Waals surface area contributed by atoms with Crippen LogP contribution in [0.3, 0.4) is 0 Å². The molecule has 0 heterocycles. The summed E-state index contributed by atoms with van der Waals surface area (Å²) in [6, 6.07) is 0.401. The van der Waals surface area contributed by atoms with E-state index in [1.807, 2.05) is 32.2 Å². The Morgan fingerprint density at radius 3 is 2.64 bits per heavy atom. The fourth-order valence-corrected chi connectivity index (χ4v) is 7.68. The number of aldehydes is 1. The number of hydrogen-bond donors (Lipinski definition) is 6. The van der Waals surface area contributed by atoms with Crippen LogP contribution in [-0.2, 0) is 9.53 Å². The van der Waals surface area contributed by atoms with Crippen LogP contribution in [0.25, 0.3) is 0 Å². The van der Waals surface area contributed by atoms with Gasteiger partial charge in [-0.15, -0.1) is 0 Å². The van der Waals surface area contributed by atoms with E-state index in [0.717, 1.165) is 55.4 Å². The topological polar surface area (TPSA) is 131 Å². The molecule has 0 aliphatic heterocycles. The van der Waals surface area contributed by atoms with E-state index in [9.17, 15) is 25.2 Å². The molecule has 2 rings (SSSR count). The van der Waals surface area contributed by atoms with E-state index in [1.54, 1.807) is 7.11 Å². The second-order valence-corrected chi connectivity index (χ2v) is 13.3. The first-order chi connectivity index (χ1) is 21.5. The third kappa shape index (κ3) is 10.3. The molecule has 0 aromatic rings. The van der Waals surface area contributed by atoms with Crippen LogP contribution in [0.5, 0.6) is 0 Å². The normalized spacial score (nSPS) is 29.5. The van der Waals surface area contributed by atoms with E-state index < -0.39 is 17.1 Å². The van der Waals surface area contributed by atoms with Gasteiger partial charge < -0.3 is 35.8 Å². The molecular formula is C37H62N2O6. The minimum Gasteiger partial charge on any atom is -0.396 e. The molecule has 0 saturated heterocycles. The highest BCUT2D eigenvalue weighted by Crippen LogP contribution is 2.63. The molecule has 2 fully saturated rings. The Morgan fingerprint density at radius 1 is 1.24 bits per heavy atom. The number of allylic oxidation sites excluding steroid dienone is 7. The molecule has 2 aliphatic carbocycles. The Morgan fingerprint density at radius 2 is 2.00 bits per heavy atom. The number of aliphatic hydroxyl groups excluding tert-OH is 3. The van der Waals surface area contributed by atoms with Gasteiger partial charge in [0.05, 0.1) is 18.3 Å². The molecule has 45 heavy (non-hydrogen) atoms. The summed E-state index contributed by atoms with van der Waals surface area (Å²) in [5, 5.41) is 51.3. The molecule has 256 valence electrons. The molecule has 2 aliphatic rings. The first-order valence-corrected chi connectivity index (χ1v) is 16.9. The summed E-state index contributed by atoms with van der Waals surface area (Å²) in [6.45, 7) is 12.3. The fraction of sp³-hybridized carbons (Fsp3) is 0.703. The monoisotopic (exact) mass is 630 g/mol. The van der Waals surface area contributed by atoms with Crippen molar-refractivity contribution >= 4 is 6.29 Å². The van der Waals surface area contributed by atoms with Crippen LogP contribution < -0.4 is 10.6 Å². The minimum atomic E-state index is -1.15. The van der Waals surface area contributed by atoms with Gasteiger partial charge in [-0.25, -0.2) is 0 Å². The van der Waals surface area contributed by atoms with Crippen molar-refractivity contribution in [3.63, 3.8) is 0 Å². The molecule has 6 atom stereocenters. The van der Waals surface area contributed by atoms with Crippen LogP contribution in [0, 0.1) is 17.3 Å². The van der Waals surface area contributed by atoms with Crippen molar-refractivity contribution in [2.75, 3.05) is 47.1 Å². The van der Waals surface area contributed by atoms with Gasteiger partial charge >= 0.3 is 0 Å². The average Bonchev–Trinajstić information content (AvgIpc) is 3.37. The summed E-state index contributed by atoms with van der Waals surface area (Å²) in [6.07, 6.45) is 14.5. The van der Waals surface area contributed by atoms with Crippen molar-refractivity contribution < 1.29 is 30.0 Å². The second-order valence-electron chi connectivity index (χ2n) is 13.3. The molecule has 0 radical (unpaired) electrons. The average molecular weight is 631 g/mol. The molecule has 0 aromatic heterocycles. The zero-order valence-electron chi connectivity index (χ0n) is 28.6. The molecule has 6 N–H and O–H groups in total. The third-order valence-corrected chi connectivity index (χ3v) is 10.4. The standard InChI is InChI=1S/C37H62N2O6/c1-27(10-7-12-28(2)24-39-30(4)17-23-45-6)11-8-13-31(26-42)33-16-19-37(35(33)43)34(14-9-22-40)32(29(3)25-41)15-18-36(37,44)20-21-38-5/h8,11-13,25,30,33-35,38-40,42-44H,1,7,9-10,14-24,26H2,2-6H3/b11-8+,28-12+,31-13-,32-29-/t30-,33+,34+,35-,36+,37-/m1/s1. The van der Waals surface area contributed by atoms with Crippen molar-refractivity contribution in [3.05, 3.63) is 58.7 Å². The highest BCUT2D eigenvalue weighted by Gasteiger charge is 2.65. The van der Waals surface area contributed by atoms with Gasteiger partial charge in [0.2, 0.25) is 0 Å². The summed E-state index contributed by atoms with van der Waals surface area (Å²) in [5.74, 6) is -0.563. The summed E-state index contributed by atoms with van der Waals surface area (Å²) < 4.78 is 5.15. The Labute approximate surface area is 272 Å². The summed E-state index contributed by atoms with van der Waals surface area (Å²) in [4.78, 5) is 11.9. The van der Waals surface area contributed by atoms with Crippen molar-refractivity contribution in [1.82, 2.24) is 10.6 Å². The van der Waals surface area contributed by atoms with Gasteiger partial charge in [0.1, 0.15) is 6.29 Å². The Bertz CT molecular complexity index is 1070. The molecule has 8 heteroatoms. The van der Waals surface area contributed by atoms with E-state index in [-0.39, 0.29) is 25.0 Å². The molecular weight excluding hydrogens is 568 g/mol. The zero-order valence-corrected chi connectivity index (χ0v) is 28.6. The Kier molecular flexibility index (Phi) is 17.2. The molecule has 0 amide bonds. The van der Waals surface area contributed by atoms with E-state index >= 15 is 0 Å². The van der Waals surface area contributed by atoms with Gasteiger partial charge in [0.15, 0.2) is 0 Å². The minimum absolute atomic E-state index is 0.00523. The second kappa shape index (κ2) is 19.7. The lowest BCUT2D eigenvalue weighted by Gasteiger charge is -2.57. The Hall–Kier alpha value is -1.91. The quantitative estimate of drug-likeness (QED) is 0.0500. The van der Waals surface area contributed by atoms with Gasteiger partial charge in [0.25, 0.3) is 0 Å². The van der Waals surface area contributed by atoms with E-state index in [1.165, 1.54) is 5.57 Å². The van der Waals surface area contributed by atoms with Gasteiger partial charge in [-0.3, -0.25) is 4.79 Å². The molecule has 0 bridgehead atoms. The number of rotatable bonds is 20. The first kappa shape index (κ1) is 39.3. The van der Waals surface area contributed by atoms with Crippen LogP contribution in [-0.4, -0.2) is 91.5 Å². The lowest BCUT2D eigenvalue weighted by atomic mass is 9.51. The maximum Gasteiger partial charge on any atom is 0.145 e. The first-order valence-electron chi connectivity index (χ1n) is 16.9. The molecule has 8 nitrogen and oxygen atoms in total. The molecule has 0 unspecified atom stereocenters. The lowest BCUT2D eigenvalue weighted by Crippen LogP contribution is -2.61. The number of ether oxygens (including phenoxy) is 1. The maximum absolute atomic E-state index is 12.3. The van der Waals surface area contributed by atoms with Crippen molar-refractivity contribution in [1.29, 1.82) is 0 Å². The lowest BCUT2D eigenvalue weighted by molar-refractivity contribution is -0.180. The SMILES string of the molecule is C=C(/C=C/C=C(/CO)[C@@H]1CC[C@]2([C@@H]1O)[C@@H](CCCO)/C(=C(/C)C=O)CC[C@]2(O)CCNC)CC/C=C(\C)CN[C@H](C)CCOC. The largest absolute Gasteiger partial charge is 0.396 e. The predicted molar refractivity (Wildman–Crippen MR) is 183 cm³/mol. The van der Waals surface area contributed by atoms with Crippen molar-refractivity contribution in [2.24, 2.45) is 17.3 Å². The molecule has 2 saturated carbocycles. The summed E-state index contributed by atoms with van der Waals surface area (Å²) in [7, 11) is 3.57. The Balaban J connectivity index is 2.21. The zero-order chi connectivity index (χ0) is 33.5. The summed E-state index contributed by atoms with van der Waals surface area (Å²) >= 11 is 0. The van der Waals surface area contributed by atoms with Crippen LogP contribution in [0.15, 0.2) is 58.7 Å². The van der Waals surface area contributed by atoms with Crippen LogP contribution in [0.4, 0.5) is 0 Å². The number of carbonyl (C=O) groups excluding carboxylic acids is 1. The number of aliphatic hydroxyl groups is 4. The fourth-order valence-electron chi connectivity index (χ4n) is 7.68.